The maximum absolute atomic E-state index is 12.0. The summed E-state index contributed by atoms with van der Waals surface area (Å²) in [4.78, 5) is 28.7. The van der Waals surface area contributed by atoms with Crippen molar-refractivity contribution in [2.45, 2.75) is 0 Å². The van der Waals surface area contributed by atoms with E-state index >= 15 is 0 Å². The fourth-order valence-corrected chi connectivity index (χ4v) is 2.88. The second kappa shape index (κ2) is 8.22. The van der Waals surface area contributed by atoms with E-state index in [4.69, 9.17) is 9.36 Å². The first-order valence-electron chi connectivity index (χ1n) is 8.91. The molecule has 0 radical (unpaired) electrons. The first kappa shape index (κ1) is 18.2. The number of hydrogen-bond acceptors (Lipinski definition) is 5. The summed E-state index contributed by atoms with van der Waals surface area (Å²) < 4.78 is 4.92. The second-order valence-electron chi connectivity index (χ2n) is 6.16. The first-order chi connectivity index (χ1) is 14.2. The largest absolute Gasteiger partial charge is 0.368 e. The number of benzene rings is 2. The normalized spacial score (nSPS) is 15.4. The lowest BCUT2D eigenvalue weighted by Gasteiger charge is -1.98. The number of nitrogens with one attached hydrogen (secondary N) is 1. The Balaban J connectivity index is 1.53. The van der Waals surface area contributed by atoms with Crippen LogP contribution in [0.1, 0.15) is 11.1 Å². The Hall–Kier alpha value is -4.19. The molecule has 6 heteroatoms. The van der Waals surface area contributed by atoms with E-state index in [9.17, 15) is 9.59 Å². The number of carbonyl (C=O) groups excluding carboxylic acids is 1. The fraction of sp³-hybridized carbons (Fsp3) is 0. The molecule has 2 aromatic carbocycles. The van der Waals surface area contributed by atoms with Gasteiger partial charge in [-0.25, -0.2) is 14.7 Å². The van der Waals surface area contributed by atoms with E-state index < -0.39 is 11.6 Å². The van der Waals surface area contributed by atoms with Crippen LogP contribution in [0.5, 0.6) is 0 Å². The van der Waals surface area contributed by atoms with Crippen molar-refractivity contribution >= 4 is 17.8 Å². The average molecular weight is 384 g/mol. The van der Waals surface area contributed by atoms with Gasteiger partial charge in [0.05, 0.1) is 16.8 Å². The van der Waals surface area contributed by atoms with Crippen molar-refractivity contribution in [2.75, 3.05) is 0 Å². The van der Waals surface area contributed by atoms with Gasteiger partial charge < -0.3 is 9.36 Å². The van der Waals surface area contributed by atoms with Gasteiger partial charge in [-0.2, -0.15) is 0 Å². The lowest BCUT2D eigenvalue weighted by molar-refractivity contribution is -0.136. The van der Waals surface area contributed by atoms with E-state index in [0.29, 0.717) is 22.5 Å². The molecule has 2 heterocycles. The third kappa shape index (κ3) is 3.91. The number of aromatic amines is 1. The Kier molecular flexibility index (Phi) is 5.16. The van der Waals surface area contributed by atoms with Gasteiger partial charge in [-0.1, -0.05) is 84.0 Å². The number of hydrogen-bond donors (Lipinski definition) is 1. The monoisotopic (exact) mass is 384 g/mol. The lowest BCUT2D eigenvalue weighted by atomic mass is 10.0. The van der Waals surface area contributed by atoms with Crippen LogP contribution in [0.3, 0.4) is 0 Å². The van der Waals surface area contributed by atoms with Crippen molar-refractivity contribution < 1.29 is 14.2 Å². The molecule has 0 amide bonds. The Morgan fingerprint density at radius 3 is 2.24 bits per heavy atom. The molecule has 1 aromatic heterocycles. The van der Waals surface area contributed by atoms with E-state index in [1.165, 1.54) is 0 Å². The molecule has 4 rings (SSSR count). The van der Waals surface area contributed by atoms with E-state index in [2.05, 4.69) is 10.3 Å². The van der Waals surface area contributed by atoms with Gasteiger partial charge >= 0.3 is 11.6 Å². The van der Waals surface area contributed by atoms with Gasteiger partial charge in [-0.15, -0.1) is 0 Å². The predicted molar refractivity (Wildman–Crippen MR) is 110 cm³/mol. The van der Waals surface area contributed by atoms with E-state index in [0.717, 1.165) is 11.1 Å². The van der Waals surface area contributed by atoms with E-state index in [1.54, 1.807) is 30.4 Å². The standard InChI is InChI=1S/C23H16N2O4/c26-22-18(20(24-28-22)16-10-4-1-5-11-16)14-8-3-9-15-19-21(25-29-23(19)27)17-12-6-2-7-13-17/h1-15,24H/b9-3+,14-8+,19-15-. The van der Waals surface area contributed by atoms with Crippen molar-refractivity contribution in [1.82, 2.24) is 5.16 Å². The number of rotatable bonds is 5. The van der Waals surface area contributed by atoms with Gasteiger partial charge in [-0.05, 0) is 12.2 Å². The Bertz CT molecular complexity index is 1200. The highest BCUT2D eigenvalue weighted by atomic mass is 16.7. The van der Waals surface area contributed by atoms with Gasteiger partial charge in [0.2, 0.25) is 0 Å². The lowest BCUT2D eigenvalue weighted by Crippen LogP contribution is -2.06. The number of aromatic nitrogens is 1. The highest BCUT2D eigenvalue weighted by molar-refractivity contribution is 6.28. The Labute approximate surface area is 166 Å². The summed E-state index contributed by atoms with van der Waals surface area (Å²) in [5.41, 5.74) is 3.07. The van der Waals surface area contributed by atoms with Crippen molar-refractivity contribution in [3.8, 4) is 11.3 Å². The van der Waals surface area contributed by atoms with Gasteiger partial charge in [-0.3, -0.25) is 0 Å². The molecule has 0 unspecified atom stereocenters. The fourth-order valence-electron chi connectivity index (χ4n) is 2.88. The molecular formula is C23H16N2O4. The highest BCUT2D eigenvalue weighted by Gasteiger charge is 2.25. The maximum atomic E-state index is 12.0. The third-order valence-electron chi connectivity index (χ3n) is 4.29. The quantitative estimate of drug-likeness (QED) is 0.408. The van der Waals surface area contributed by atoms with Crippen LogP contribution in [0.4, 0.5) is 0 Å². The minimum absolute atomic E-state index is 0.368. The van der Waals surface area contributed by atoms with E-state index in [1.807, 2.05) is 60.7 Å². The summed E-state index contributed by atoms with van der Waals surface area (Å²) in [7, 11) is 0. The molecule has 142 valence electrons. The molecule has 0 saturated heterocycles. The maximum Gasteiger partial charge on any atom is 0.368 e. The highest BCUT2D eigenvalue weighted by Crippen LogP contribution is 2.20. The van der Waals surface area contributed by atoms with Crippen LogP contribution in [0.25, 0.3) is 17.3 Å². The number of nitrogens with zero attached hydrogens (tertiary/aromatic N) is 1. The van der Waals surface area contributed by atoms with Crippen LogP contribution < -0.4 is 5.63 Å². The summed E-state index contributed by atoms with van der Waals surface area (Å²) in [5, 5.41) is 6.51. The zero-order chi connectivity index (χ0) is 20.1. The van der Waals surface area contributed by atoms with Crippen molar-refractivity contribution in [3.05, 3.63) is 112 Å². The number of carbonyl (C=O) groups is 1. The van der Waals surface area contributed by atoms with Crippen LogP contribution in [0.15, 0.2) is 105 Å². The molecule has 0 atom stereocenters. The van der Waals surface area contributed by atoms with Crippen LogP contribution >= 0.6 is 0 Å². The number of H-pyrrole nitrogens is 1. The van der Waals surface area contributed by atoms with Crippen molar-refractivity contribution in [2.24, 2.45) is 5.16 Å². The zero-order valence-corrected chi connectivity index (χ0v) is 15.2. The van der Waals surface area contributed by atoms with Gasteiger partial charge in [0, 0.05) is 11.1 Å². The summed E-state index contributed by atoms with van der Waals surface area (Å²) in [5.74, 6) is -0.505. The van der Waals surface area contributed by atoms with E-state index in [-0.39, 0.29) is 0 Å². The molecule has 0 aliphatic carbocycles. The smallest absolute Gasteiger partial charge is 0.338 e. The molecule has 6 nitrogen and oxygen atoms in total. The van der Waals surface area contributed by atoms with Crippen LogP contribution in [0, 0.1) is 0 Å². The van der Waals surface area contributed by atoms with Crippen LogP contribution in [0.2, 0.25) is 0 Å². The van der Waals surface area contributed by atoms with Gasteiger partial charge in [0.25, 0.3) is 0 Å². The molecule has 3 aromatic rings. The summed E-state index contributed by atoms with van der Waals surface area (Å²) in [6.45, 7) is 0. The van der Waals surface area contributed by atoms with Gasteiger partial charge in [0.1, 0.15) is 5.71 Å². The molecule has 1 N–H and O–H groups in total. The molecule has 29 heavy (non-hydrogen) atoms. The molecule has 0 spiro atoms. The average Bonchev–Trinajstić information content (AvgIpc) is 3.32. The zero-order valence-electron chi connectivity index (χ0n) is 15.2. The molecule has 1 aliphatic rings. The van der Waals surface area contributed by atoms with Crippen molar-refractivity contribution in [3.63, 3.8) is 0 Å². The minimum atomic E-state index is -0.505. The molecular weight excluding hydrogens is 368 g/mol. The van der Waals surface area contributed by atoms with Crippen molar-refractivity contribution in [1.29, 1.82) is 0 Å². The number of oxime groups is 1. The topological polar surface area (TPSA) is 84.7 Å². The van der Waals surface area contributed by atoms with Crippen LogP contribution in [-0.2, 0) is 9.63 Å². The second-order valence-corrected chi connectivity index (χ2v) is 6.16. The SMILES string of the molecule is O=C1ON=C(c2ccccc2)/C1=C/C=C/C=C/c1c(-c2ccccc2)[nH]oc1=O. The first-order valence-corrected chi connectivity index (χ1v) is 8.91. The predicted octanol–water partition coefficient (Wildman–Crippen LogP) is 4.09. The Morgan fingerprint density at radius 2 is 1.52 bits per heavy atom. The Morgan fingerprint density at radius 1 is 0.828 bits per heavy atom. The van der Waals surface area contributed by atoms with Gasteiger partial charge in [0.15, 0.2) is 0 Å². The summed E-state index contributed by atoms with van der Waals surface area (Å²) >= 11 is 0. The summed E-state index contributed by atoms with van der Waals surface area (Å²) in [6.07, 6.45) is 8.38. The minimum Gasteiger partial charge on any atom is -0.338 e. The summed E-state index contributed by atoms with van der Waals surface area (Å²) in [6, 6.07) is 18.8. The number of allylic oxidation sites excluding steroid dienone is 4. The third-order valence-corrected chi connectivity index (χ3v) is 4.29. The molecule has 0 saturated carbocycles. The molecule has 0 bridgehead atoms. The molecule has 0 fully saturated rings. The molecule has 1 aliphatic heterocycles. The van der Waals surface area contributed by atoms with Crippen LogP contribution in [-0.4, -0.2) is 16.8 Å².